The summed E-state index contributed by atoms with van der Waals surface area (Å²) in [6.45, 7) is 7.73. The normalized spacial score (nSPS) is 15.5. The summed E-state index contributed by atoms with van der Waals surface area (Å²) in [4.78, 5) is 32.3. The lowest BCUT2D eigenvalue weighted by Crippen LogP contribution is -2.44. The first-order chi connectivity index (χ1) is 13.8. The number of rotatable bonds is 6. The van der Waals surface area contributed by atoms with Gasteiger partial charge in [-0.1, -0.05) is 23.7 Å². The average molecular weight is 435 g/mol. The predicted molar refractivity (Wildman–Crippen MR) is 118 cm³/mol. The SMILES string of the molecule is Cc1sc(NC(=O)CN2CCC(C(=O)NC(C)C)CC2)nc1-c1ccc(Cl)cc1. The third-order valence-electron chi connectivity index (χ3n) is 4.92. The van der Waals surface area contributed by atoms with E-state index in [1.54, 1.807) is 0 Å². The molecule has 2 aromatic rings. The van der Waals surface area contributed by atoms with Crippen molar-refractivity contribution < 1.29 is 9.59 Å². The molecule has 1 aliphatic heterocycles. The first-order valence-corrected chi connectivity index (χ1v) is 11.1. The summed E-state index contributed by atoms with van der Waals surface area (Å²) in [6.07, 6.45) is 1.56. The van der Waals surface area contributed by atoms with E-state index in [1.165, 1.54) is 11.3 Å². The molecule has 0 radical (unpaired) electrons. The summed E-state index contributed by atoms with van der Waals surface area (Å²) in [5.74, 6) is 0.0869. The Hall–Kier alpha value is -1.96. The van der Waals surface area contributed by atoms with Crippen molar-refractivity contribution in [1.29, 1.82) is 0 Å². The highest BCUT2D eigenvalue weighted by atomic mass is 35.5. The zero-order chi connectivity index (χ0) is 21.0. The molecule has 0 spiro atoms. The Balaban J connectivity index is 1.51. The molecule has 1 aliphatic rings. The third-order valence-corrected chi connectivity index (χ3v) is 6.06. The number of aromatic nitrogens is 1. The lowest BCUT2D eigenvalue weighted by atomic mass is 9.95. The van der Waals surface area contributed by atoms with Crippen molar-refractivity contribution in [2.45, 2.75) is 39.7 Å². The van der Waals surface area contributed by atoms with Gasteiger partial charge in [0.1, 0.15) is 0 Å². The van der Waals surface area contributed by atoms with Gasteiger partial charge in [0.15, 0.2) is 5.13 Å². The molecule has 0 atom stereocenters. The lowest BCUT2D eigenvalue weighted by molar-refractivity contribution is -0.127. The van der Waals surface area contributed by atoms with Crippen LogP contribution in [-0.4, -0.2) is 47.4 Å². The van der Waals surface area contributed by atoms with E-state index < -0.39 is 0 Å². The number of likely N-dealkylation sites (tertiary alicyclic amines) is 1. The maximum absolute atomic E-state index is 12.5. The van der Waals surface area contributed by atoms with E-state index >= 15 is 0 Å². The zero-order valence-corrected chi connectivity index (χ0v) is 18.6. The molecule has 2 heterocycles. The molecule has 29 heavy (non-hydrogen) atoms. The fraction of sp³-hybridized carbons (Fsp3) is 0.476. The molecule has 2 N–H and O–H groups in total. The highest BCUT2D eigenvalue weighted by molar-refractivity contribution is 7.16. The van der Waals surface area contributed by atoms with Crippen LogP contribution in [0.4, 0.5) is 5.13 Å². The molecule has 6 nitrogen and oxygen atoms in total. The molecule has 1 aromatic carbocycles. The monoisotopic (exact) mass is 434 g/mol. The standard InChI is InChI=1S/C21H27ClN4O2S/c1-13(2)23-20(28)16-8-10-26(11-9-16)12-18(27)24-21-25-19(14(3)29-21)15-4-6-17(22)7-5-15/h4-7,13,16H,8-12H2,1-3H3,(H,23,28)(H,24,25,27). The number of thiazole rings is 1. The Labute approximate surface area is 180 Å². The van der Waals surface area contributed by atoms with Gasteiger partial charge in [0.2, 0.25) is 11.8 Å². The molecule has 0 saturated carbocycles. The van der Waals surface area contributed by atoms with Crippen molar-refractivity contribution in [3.63, 3.8) is 0 Å². The van der Waals surface area contributed by atoms with Crippen molar-refractivity contribution in [2.24, 2.45) is 5.92 Å². The number of anilines is 1. The molecule has 3 rings (SSSR count). The van der Waals surface area contributed by atoms with Crippen molar-refractivity contribution in [2.75, 3.05) is 25.0 Å². The minimum atomic E-state index is -0.0773. The highest BCUT2D eigenvalue weighted by Crippen LogP contribution is 2.31. The number of piperidine rings is 1. The van der Waals surface area contributed by atoms with Crippen LogP contribution in [0.3, 0.4) is 0 Å². The predicted octanol–water partition coefficient (Wildman–Crippen LogP) is 3.95. The van der Waals surface area contributed by atoms with Gasteiger partial charge in [0.05, 0.1) is 12.2 Å². The number of hydrogen-bond acceptors (Lipinski definition) is 5. The van der Waals surface area contributed by atoms with Gasteiger partial charge in [-0.25, -0.2) is 4.98 Å². The molecular formula is C21H27ClN4O2S. The van der Waals surface area contributed by atoms with E-state index in [9.17, 15) is 9.59 Å². The van der Waals surface area contributed by atoms with Crippen LogP contribution in [0, 0.1) is 12.8 Å². The molecule has 8 heteroatoms. The second-order valence-electron chi connectivity index (χ2n) is 7.69. The van der Waals surface area contributed by atoms with Gasteiger partial charge >= 0.3 is 0 Å². The second kappa shape index (κ2) is 9.69. The zero-order valence-electron chi connectivity index (χ0n) is 17.0. The number of hydrogen-bond donors (Lipinski definition) is 2. The number of nitrogens with zero attached hydrogens (tertiary/aromatic N) is 2. The molecular weight excluding hydrogens is 408 g/mol. The number of nitrogens with one attached hydrogen (secondary N) is 2. The number of halogens is 1. The van der Waals surface area contributed by atoms with E-state index in [0.717, 1.165) is 42.1 Å². The van der Waals surface area contributed by atoms with Gasteiger partial charge < -0.3 is 10.6 Å². The Bertz CT molecular complexity index is 858. The van der Waals surface area contributed by atoms with Crippen LogP contribution >= 0.6 is 22.9 Å². The van der Waals surface area contributed by atoms with Crippen molar-refractivity contribution in [3.05, 3.63) is 34.2 Å². The van der Waals surface area contributed by atoms with E-state index in [2.05, 4.69) is 20.5 Å². The van der Waals surface area contributed by atoms with Crippen LogP contribution in [0.2, 0.25) is 5.02 Å². The molecule has 156 valence electrons. The van der Waals surface area contributed by atoms with Crippen LogP contribution < -0.4 is 10.6 Å². The fourth-order valence-electron chi connectivity index (χ4n) is 3.44. The Morgan fingerprint density at radius 3 is 2.52 bits per heavy atom. The highest BCUT2D eigenvalue weighted by Gasteiger charge is 2.26. The van der Waals surface area contributed by atoms with Crippen molar-refractivity contribution >= 4 is 39.9 Å². The van der Waals surface area contributed by atoms with Gasteiger partial charge in [0.25, 0.3) is 0 Å². The molecule has 2 amide bonds. The Kier molecular flexibility index (Phi) is 7.27. The summed E-state index contributed by atoms with van der Waals surface area (Å²) in [6, 6.07) is 7.68. The van der Waals surface area contributed by atoms with Crippen LogP contribution in [0.15, 0.2) is 24.3 Å². The topological polar surface area (TPSA) is 74.3 Å². The van der Waals surface area contributed by atoms with Gasteiger partial charge in [-0.15, -0.1) is 11.3 Å². The number of carbonyl (C=O) groups excluding carboxylic acids is 2. The van der Waals surface area contributed by atoms with Crippen LogP contribution in [0.25, 0.3) is 11.3 Å². The summed E-state index contributed by atoms with van der Waals surface area (Å²) >= 11 is 7.42. The summed E-state index contributed by atoms with van der Waals surface area (Å²) < 4.78 is 0. The van der Waals surface area contributed by atoms with Gasteiger partial charge in [0, 0.05) is 27.4 Å². The fourth-order valence-corrected chi connectivity index (χ4v) is 4.42. The van der Waals surface area contributed by atoms with Crippen LogP contribution in [0.1, 0.15) is 31.6 Å². The van der Waals surface area contributed by atoms with Gasteiger partial charge in [-0.05, 0) is 58.8 Å². The maximum atomic E-state index is 12.5. The summed E-state index contributed by atoms with van der Waals surface area (Å²) in [7, 11) is 0. The number of carbonyl (C=O) groups is 2. The average Bonchev–Trinajstić information content (AvgIpc) is 3.02. The molecule has 1 saturated heterocycles. The van der Waals surface area contributed by atoms with E-state index in [0.29, 0.717) is 16.7 Å². The largest absolute Gasteiger partial charge is 0.354 e. The van der Waals surface area contributed by atoms with E-state index in [4.69, 9.17) is 11.6 Å². The van der Waals surface area contributed by atoms with Crippen molar-refractivity contribution in [1.82, 2.24) is 15.2 Å². The molecule has 0 aliphatic carbocycles. The van der Waals surface area contributed by atoms with Gasteiger partial charge in [-0.3, -0.25) is 14.5 Å². The smallest absolute Gasteiger partial charge is 0.240 e. The number of benzene rings is 1. The molecule has 0 bridgehead atoms. The summed E-state index contributed by atoms with van der Waals surface area (Å²) in [5.41, 5.74) is 1.84. The van der Waals surface area contributed by atoms with E-state index in [-0.39, 0.29) is 23.8 Å². The Morgan fingerprint density at radius 1 is 1.24 bits per heavy atom. The van der Waals surface area contributed by atoms with Gasteiger partial charge in [-0.2, -0.15) is 0 Å². The lowest BCUT2D eigenvalue weighted by Gasteiger charge is -2.31. The molecule has 1 aromatic heterocycles. The van der Waals surface area contributed by atoms with Crippen LogP contribution in [0.5, 0.6) is 0 Å². The minimum Gasteiger partial charge on any atom is -0.354 e. The first kappa shape index (κ1) is 21.7. The first-order valence-electron chi connectivity index (χ1n) is 9.87. The summed E-state index contributed by atoms with van der Waals surface area (Å²) in [5, 5.41) is 7.17. The third kappa shape index (κ3) is 6.01. The van der Waals surface area contributed by atoms with Crippen molar-refractivity contribution in [3.8, 4) is 11.3 Å². The number of amides is 2. The Morgan fingerprint density at radius 2 is 1.90 bits per heavy atom. The number of aryl methyl sites for hydroxylation is 1. The maximum Gasteiger partial charge on any atom is 0.240 e. The van der Waals surface area contributed by atoms with E-state index in [1.807, 2.05) is 45.0 Å². The quantitative estimate of drug-likeness (QED) is 0.721. The molecule has 0 unspecified atom stereocenters. The minimum absolute atomic E-state index is 0.0419. The second-order valence-corrected chi connectivity index (χ2v) is 9.33. The van der Waals surface area contributed by atoms with Crippen LogP contribution in [-0.2, 0) is 9.59 Å². The molecule has 1 fully saturated rings.